The zero-order chi connectivity index (χ0) is 14.4. The summed E-state index contributed by atoms with van der Waals surface area (Å²) in [6, 6.07) is 14.7. The molecule has 1 N–H and O–H groups in total. The van der Waals surface area contributed by atoms with E-state index in [1.165, 1.54) is 5.56 Å². The van der Waals surface area contributed by atoms with Crippen LogP contribution in [0.25, 0.3) is 0 Å². The number of anilines is 1. The molecule has 0 aliphatic carbocycles. The fourth-order valence-electron chi connectivity index (χ4n) is 2.29. The Kier molecular flexibility index (Phi) is 4.99. The summed E-state index contributed by atoms with van der Waals surface area (Å²) in [4.78, 5) is 4.24. The van der Waals surface area contributed by atoms with Gasteiger partial charge in [-0.25, -0.2) is 4.98 Å². The van der Waals surface area contributed by atoms with Crippen LogP contribution in [-0.2, 0) is 0 Å². The van der Waals surface area contributed by atoms with Gasteiger partial charge in [-0.15, -0.1) is 0 Å². The molecule has 0 amide bonds. The maximum Gasteiger partial charge on any atom is 0.237 e. The molecule has 106 valence electrons. The molecule has 1 atom stereocenters. The first kappa shape index (κ1) is 14.4. The van der Waals surface area contributed by atoms with Gasteiger partial charge in [0.1, 0.15) is 0 Å². The molecule has 0 aliphatic rings. The van der Waals surface area contributed by atoms with Gasteiger partial charge >= 0.3 is 0 Å². The van der Waals surface area contributed by atoms with Crippen LogP contribution in [0, 0.1) is 5.92 Å². The van der Waals surface area contributed by atoms with E-state index in [1.807, 2.05) is 18.2 Å². The predicted octanol–water partition coefficient (Wildman–Crippen LogP) is 4.29. The summed E-state index contributed by atoms with van der Waals surface area (Å²) in [5.41, 5.74) is 2.22. The SMILES string of the molecule is COc1ncccc1NC(CC(C)C)c1ccccc1. The van der Waals surface area contributed by atoms with Gasteiger partial charge in [-0.1, -0.05) is 44.2 Å². The molecule has 0 radical (unpaired) electrons. The molecular weight excluding hydrogens is 248 g/mol. The van der Waals surface area contributed by atoms with Crippen LogP contribution < -0.4 is 10.1 Å². The maximum absolute atomic E-state index is 5.31. The number of methoxy groups -OCH3 is 1. The summed E-state index contributed by atoms with van der Waals surface area (Å²) in [6.07, 6.45) is 2.80. The topological polar surface area (TPSA) is 34.1 Å². The molecule has 1 aromatic carbocycles. The summed E-state index contributed by atoms with van der Waals surface area (Å²) in [5, 5.41) is 3.56. The van der Waals surface area contributed by atoms with E-state index in [-0.39, 0.29) is 6.04 Å². The largest absolute Gasteiger partial charge is 0.480 e. The normalized spacial score (nSPS) is 12.2. The van der Waals surface area contributed by atoms with Gasteiger partial charge in [0.25, 0.3) is 0 Å². The molecule has 1 aromatic heterocycles. The molecule has 0 bridgehead atoms. The molecular formula is C17H22N2O. The fourth-order valence-corrected chi connectivity index (χ4v) is 2.29. The molecule has 3 nitrogen and oxygen atoms in total. The van der Waals surface area contributed by atoms with E-state index in [4.69, 9.17) is 4.74 Å². The van der Waals surface area contributed by atoms with Crippen LogP contribution in [0.1, 0.15) is 31.9 Å². The molecule has 0 aliphatic heterocycles. The van der Waals surface area contributed by atoms with Crippen molar-refractivity contribution in [1.29, 1.82) is 0 Å². The minimum atomic E-state index is 0.259. The number of aromatic nitrogens is 1. The lowest BCUT2D eigenvalue weighted by molar-refractivity contribution is 0.398. The highest BCUT2D eigenvalue weighted by Gasteiger charge is 2.15. The van der Waals surface area contributed by atoms with Crippen LogP contribution in [0.15, 0.2) is 48.7 Å². The molecule has 1 heterocycles. The van der Waals surface area contributed by atoms with Crippen molar-refractivity contribution in [2.45, 2.75) is 26.3 Å². The summed E-state index contributed by atoms with van der Waals surface area (Å²) in [6.45, 7) is 4.47. The van der Waals surface area contributed by atoms with Crippen molar-refractivity contribution in [2.24, 2.45) is 5.92 Å². The van der Waals surface area contributed by atoms with Crippen molar-refractivity contribution >= 4 is 5.69 Å². The lowest BCUT2D eigenvalue weighted by atomic mass is 9.97. The molecule has 20 heavy (non-hydrogen) atoms. The second kappa shape index (κ2) is 6.94. The Labute approximate surface area is 121 Å². The fraction of sp³-hybridized carbons (Fsp3) is 0.353. The highest BCUT2D eigenvalue weighted by Crippen LogP contribution is 2.29. The van der Waals surface area contributed by atoms with Crippen molar-refractivity contribution in [1.82, 2.24) is 4.98 Å². The Balaban J connectivity index is 2.24. The Hall–Kier alpha value is -2.03. The molecule has 0 saturated heterocycles. The average Bonchev–Trinajstić information content (AvgIpc) is 2.47. The van der Waals surface area contributed by atoms with Gasteiger partial charge in [-0.2, -0.15) is 0 Å². The van der Waals surface area contributed by atoms with Crippen molar-refractivity contribution in [2.75, 3.05) is 12.4 Å². The second-order valence-corrected chi connectivity index (χ2v) is 5.30. The van der Waals surface area contributed by atoms with Gasteiger partial charge < -0.3 is 10.1 Å². The quantitative estimate of drug-likeness (QED) is 0.850. The van der Waals surface area contributed by atoms with Crippen molar-refractivity contribution in [3.05, 3.63) is 54.2 Å². The van der Waals surface area contributed by atoms with E-state index in [0.717, 1.165) is 12.1 Å². The van der Waals surface area contributed by atoms with Gasteiger partial charge in [0.15, 0.2) is 0 Å². The molecule has 1 unspecified atom stereocenters. The third-order valence-electron chi connectivity index (χ3n) is 3.20. The number of hydrogen-bond acceptors (Lipinski definition) is 3. The van der Waals surface area contributed by atoms with Gasteiger partial charge in [0.05, 0.1) is 18.8 Å². The Bertz CT molecular complexity index is 526. The summed E-state index contributed by atoms with van der Waals surface area (Å²) < 4.78 is 5.31. The molecule has 2 aromatic rings. The molecule has 0 fully saturated rings. The van der Waals surface area contributed by atoms with E-state index in [2.05, 4.69) is 48.4 Å². The van der Waals surface area contributed by atoms with E-state index < -0.39 is 0 Å². The number of ether oxygens (including phenoxy) is 1. The monoisotopic (exact) mass is 270 g/mol. The van der Waals surface area contributed by atoms with Crippen LogP contribution in [0.5, 0.6) is 5.88 Å². The van der Waals surface area contributed by atoms with Crippen molar-refractivity contribution < 1.29 is 4.74 Å². The number of hydrogen-bond donors (Lipinski definition) is 1. The molecule has 2 rings (SSSR count). The minimum absolute atomic E-state index is 0.259. The van der Waals surface area contributed by atoms with Crippen LogP contribution in [0.3, 0.4) is 0 Å². The standard InChI is InChI=1S/C17H22N2O/c1-13(2)12-16(14-8-5-4-6-9-14)19-15-10-7-11-18-17(15)20-3/h4-11,13,16,19H,12H2,1-3H3. The highest BCUT2D eigenvalue weighted by atomic mass is 16.5. The van der Waals surface area contributed by atoms with Gasteiger partial charge in [0, 0.05) is 6.20 Å². The lowest BCUT2D eigenvalue weighted by Gasteiger charge is -2.23. The zero-order valence-corrected chi connectivity index (χ0v) is 12.3. The summed E-state index contributed by atoms with van der Waals surface area (Å²) in [5.74, 6) is 1.24. The first-order chi connectivity index (χ1) is 9.70. The molecule has 0 spiro atoms. The zero-order valence-electron chi connectivity index (χ0n) is 12.3. The van der Waals surface area contributed by atoms with E-state index in [0.29, 0.717) is 11.8 Å². The van der Waals surface area contributed by atoms with Gasteiger partial charge in [-0.3, -0.25) is 0 Å². The van der Waals surface area contributed by atoms with E-state index in [1.54, 1.807) is 13.3 Å². The van der Waals surface area contributed by atoms with Crippen LogP contribution >= 0.6 is 0 Å². The number of rotatable bonds is 6. The first-order valence-corrected chi connectivity index (χ1v) is 7.01. The summed E-state index contributed by atoms with van der Waals surface area (Å²) >= 11 is 0. The minimum Gasteiger partial charge on any atom is -0.480 e. The van der Waals surface area contributed by atoms with Gasteiger partial charge in [-0.05, 0) is 30.0 Å². The Morgan fingerprint density at radius 1 is 1.10 bits per heavy atom. The number of benzene rings is 1. The highest BCUT2D eigenvalue weighted by molar-refractivity contribution is 5.53. The van der Waals surface area contributed by atoms with Crippen molar-refractivity contribution in [3.63, 3.8) is 0 Å². The molecule has 3 heteroatoms. The van der Waals surface area contributed by atoms with Crippen LogP contribution in [-0.4, -0.2) is 12.1 Å². The third-order valence-corrected chi connectivity index (χ3v) is 3.20. The number of nitrogens with zero attached hydrogens (tertiary/aromatic N) is 1. The first-order valence-electron chi connectivity index (χ1n) is 7.01. The number of nitrogens with one attached hydrogen (secondary N) is 1. The number of pyridine rings is 1. The van der Waals surface area contributed by atoms with Crippen LogP contribution in [0.2, 0.25) is 0 Å². The van der Waals surface area contributed by atoms with E-state index >= 15 is 0 Å². The summed E-state index contributed by atoms with van der Waals surface area (Å²) in [7, 11) is 1.65. The smallest absolute Gasteiger partial charge is 0.237 e. The van der Waals surface area contributed by atoms with Crippen molar-refractivity contribution in [3.8, 4) is 5.88 Å². The molecule has 0 saturated carbocycles. The predicted molar refractivity (Wildman–Crippen MR) is 83.0 cm³/mol. The Morgan fingerprint density at radius 2 is 1.85 bits per heavy atom. The maximum atomic E-state index is 5.31. The Morgan fingerprint density at radius 3 is 2.50 bits per heavy atom. The van der Waals surface area contributed by atoms with E-state index in [9.17, 15) is 0 Å². The second-order valence-electron chi connectivity index (χ2n) is 5.30. The average molecular weight is 270 g/mol. The van der Waals surface area contributed by atoms with Gasteiger partial charge in [0.2, 0.25) is 5.88 Å². The lowest BCUT2D eigenvalue weighted by Crippen LogP contribution is -2.14. The third kappa shape index (κ3) is 3.73. The van der Waals surface area contributed by atoms with Crippen LogP contribution in [0.4, 0.5) is 5.69 Å².